The number of thioether (sulfide) groups is 1. The predicted molar refractivity (Wildman–Crippen MR) is 106 cm³/mol. The highest BCUT2D eigenvalue weighted by molar-refractivity contribution is 8.26. The van der Waals surface area contributed by atoms with Crippen LogP contribution in [0.1, 0.15) is 24.0 Å². The van der Waals surface area contributed by atoms with Crippen molar-refractivity contribution in [2.75, 3.05) is 6.54 Å². The molecule has 134 valence electrons. The number of hydrogen-bond acceptors (Lipinski definition) is 6. The number of aryl methyl sites for hydroxylation is 1. The van der Waals surface area contributed by atoms with E-state index >= 15 is 0 Å². The van der Waals surface area contributed by atoms with Crippen LogP contribution in [0, 0.1) is 6.92 Å². The summed E-state index contributed by atoms with van der Waals surface area (Å²) in [6.45, 7) is 2.23. The number of carbonyl (C=O) groups excluding carboxylic acids is 2. The summed E-state index contributed by atoms with van der Waals surface area (Å²) in [6.07, 6.45) is 1.85. The monoisotopic (exact) mass is 405 g/mol. The Balaban J connectivity index is 1.85. The topological polar surface area (TPSA) is 73.3 Å². The Labute approximate surface area is 165 Å². The molecule has 8 heteroatoms. The number of aromatic nitrogens is 1. The minimum atomic E-state index is -1.14. The number of fused-ring (bicyclic) bond motifs is 1. The van der Waals surface area contributed by atoms with Gasteiger partial charge in [0.1, 0.15) is 9.47 Å². The van der Waals surface area contributed by atoms with E-state index < -0.39 is 5.97 Å². The Morgan fingerprint density at radius 2 is 2.19 bits per heavy atom. The second kappa shape index (κ2) is 7.73. The fourth-order valence-electron chi connectivity index (χ4n) is 2.59. The SMILES string of the molecule is Cc1ccc2cc(/C=C3\SC(=S)N(CCCC(=O)[O-])C3=O)c(Cl)nc2c1. The Hall–Kier alpha value is -1.96. The van der Waals surface area contributed by atoms with Gasteiger partial charge in [-0.25, -0.2) is 4.98 Å². The molecule has 3 rings (SSSR count). The number of aliphatic carboxylic acids is 1. The summed E-state index contributed by atoms with van der Waals surface area (Å²) in [4.78, 5) is 29.3. The molecule has 0 N–H and O–H groups in total. The number of thiocarbonyl (C=S) groups is 1. The minimum absolute atomic E-state index is 0.115. The van der Waals surface area contributed by atoms with Gasteiger partial charge in [0, 0.05) is 23.5 Å². The Morgan fingerprint density at radius 1 is 1.42 bits per heavy atom. The van der Waals surface area contributed by atoms with E-state index in [1.807, 2.05) is 31.2 Å². The van der Waals surface area contributed by atoms with Crippen LogP contribution in [-0.2, 0) is 9.59 Å². The molecule has 2 heterocycles. The highest BCUT2D eigenvalue weighted by Crippen LogP contribution is 2.34. The van der Waals surface area contributed by atoms with Crippen LogP contribution in [0.2, 0.25) is 5.15 Å². The molecule has 1 amide bonds. The number of rotatable bonds is 5. The average Bonchev–Trinajstić information content (AvgIpc) is 2.83. The summed E-state index contributed by atoms with van der Waals surface area (Å²) in [5.41, 5.74) is 2.52. The van der Waals surface area contributed by atoms with Gasteiger partial charge in [-0.3, -0.25) is 9.69 Å². The number of benzene rings is 1. The van der Waals surface area contributed by atoms with Crippen molar-refractivity contribution in [3.63, 3.8) is 0 Å². The number of carbonyl (C=O) groups is 2. The van der Waals surface area contributed by atoms with Crippen LogP contribution in [0.3, 0.4) is 0 Å². The molecule has 1 fully saturated rings. The predicted octanol–water partition coefficient (Wildman–Crippen LogP) is 2.93. The highest BCUT2D eigenvalue weighted by atomic mass is 35.5. The van der Waals surface area contributed by atoms with Crippen LogP contribution in [-0.4, -0.2) is 32.6 Å². The van der Waals surface area contributed by atoms with Gasteiger partial charge >= 0.3 is 0 Å². The van der Waals surface area contributed by atoms with E-state index in [1.54, 1.807) is 6.08 Å². The summed E-state index contributed by atoms with van der Waals surface area (Å²) < 4.78 is 0.403. The quantitative estimate of drug-likeness (QED) is 0.432. The van der Waals surface area contributed by atoms with Gasteiger partial charge in [0.2, 0.25) is 0 Å². The van der Waals surface area contributed by atoms with Crippen LogP contribution in [0.4, 0.5) is 0 Å². The van der Waals surface area contributed by atoms with Crippen molar-refractivity contribution in [1.29, 1.82) is 0 Å². The van der Waals surface area contributed by atoms with Crippen molar-refractivity contribution in [3.05, 3.63) is 45.5 Å². The zero-order valence-electron chi connectivity index (χ0n) is 13.8. The molecule has 0 unspecified atom stereocenters. The Morgan fingerprint density at radius 3 is 2.92 bits per heavy atom. The number of halogens is 1. The zero-order chi connectivity index (χ0) is 18.8. The molecule has 5 nitrogen and oxygen atoms in total. The van der Waals surface area contributed by atoms with Crippen molar-refractivity contribution < 1.29 is 14.7 Å². The number of nitrogens with zero attached hydrogens (tertiary/aromatic N) is 2. The fourth-order valence-corrected chi connectivity index (χ4v) is 4.09. The molecule has 0 saturated carbocycles. The van der Waals surface area contributed by atoms with E-state index in [0.717, 1.165) is 16.5 Å². The van der Waals surface area contributed by atoms with Gasteiger partial charge in [0.15, 0.2) is 0 Å². The molecule has 1 aliphatic rings. The van der Waals surface area contributed by atoms with Crippen molar-refractivity contribution in [2.45, 2.75) is 19.8 Å². The Kier molecular flexibility index (Phi) is 5.60. The van der Waals surface area contributed by atoms with Gasteiger partial charge in [0.05, 0.1) is 10.4 Å². The number of carboxylic acid groups (broad SMARTS) is 1. The molecule has 26 heavy (non-hydrogen) atoms. The van der Waals surface area contributed by atoms with Gasteiger partial charge in [-0.2, -0.15) is 0 Å². The summed E-state index contributed by atoms with van der Waals surface area (Å²) >= 11 is 12.7. The number of amides is 1. The number of carboxylic acids is 1. The summed E-state index contributed by atoms with van der Waals surface area (Å²) in [7, 11) is 0. The molecule has 1 aromatic carbocycles. The lowest BCUT2D eigenvalue weighted by Gasteiger charge is -2.14. The molecule has 0 spiro atoms. The summed E-state index contributed by atoms with van der Waals surface area (Å²) in [5, 5.41) is 11.8. The molecule has 1 aromatic heterocycles. The highest BCUT2D eigenvalue weighted by Gasteiger charge is 2.31. The molecule has 1 saturated heterocycles. The lowest BCUT2D eigenvalue weighted by Crippen LogP contribution is -2.30. The van der Waals surface area contributed by atoms with E-state index in [4.69, 9.17) is 23.8 Å². The van der Waals surface area contributed by atoms with E-state index in [-0.39, 0.29) is 18.9 Å². The van der Waals surface area contributed by atoms with Crippen LogP contribution < -0.4 is 5.11 Å². The van der Waals surface area contributed by atoms with Gasteiger partial charge in [-0.1, -0.05) is 47.7 Å². The van der Waals surface area contributed by atoms with E-state index in [9.17, 15) is 14.7 Å². The Bertz CT molecular complexity index is 959. The molecular formula is C18H14ClN2O3S2-. The lowest BCUT2D eigenvalue weighted by molar-refractivity contribution is -0.305. The maximum Gasteiger partial charge on any atom is 0.266 e. The molecule has 0 radical (unpaired) electrons. The van der Waals surface area contributed by atoms with Gasteiger partial charge in [0.25, 0.3) is 5.91 Å². The van der Waals surface area contributed by atoms with Crippen LogP contribution in [0.15, 0.2) is 29.2 Å². The second-order valence-electron chi connectivity index (χ2n) is 5.87. The van der Waals surface area contributed by atoms with Gasteiger partial charge < -0.3 is 9.90 Å². The average molecular weight is 406 g/mol. The van der Waals surface area contributed by atoms with Crippen molar-refractivity contribution >= 4 is 68.8 Å². The fraction of sp³-hybridized carbons (Fsp3) is 0.222. The minimum Gasteiger partial charge on any atom is -0.550 e. The zero-order valence-corrected chi connectivity index (χ0v) is 16.2. The number of hydrogen-bond donors (Lipinski definition) is 0. The first kappa shape index (κ1) is 18.8. The molecule has 0 bridgehead atoms. The maximum atomic E-state index is 12.5. The largest absolute Gasteiger partial charge is 0.550 e. The lowest BCUT2D eigenvalue weighted by atomic mass is 10.1. The molecule has 0 aliphatic carbocycles. The standard InChI is InChI=1S/C18H15ClN2O3S2/c1-10-4-5-11-8-12(16(19)20-13(11)7-10)9-14-17(24)21(18(25)26-14)6-2-3-15(22)23/h4-5,7-9H,2-3,6H2,1H3,(H,22,23)/p-1/b14-9-. The first-order chi connectivity index (χ1) is 12.3. The normalized spacial score (nSPS) is 16.1. The third-order valence-corrected chi connectivity index (χ3v) is 5.56. The second-order valence-corrected chi connectivity index (χ2v) is 7.91. The third kappa shape index (κ3) is 4.06. The van der Waals surface area contributed by atoms with E-state index in [2.05, 4.69) is 4.98 Å². The first-order valence-corrected chi connectivity index (χ1v) is 9.47. The van der Waals surface area contributed by atoms with E-state index in [1.165, 1.54) is 16.7 Å². The number of pyridine rings is 1. The van der Waals surface area contributed by atoms with Crippen molar-refractivity contribution in [3.8, 4) is 0 Å². The van der Waals surface area contributed by atoms with Gasteiger partial charge in [-0.05, 0) is 43.5 Å². The van der Waals surface area contributed by atoms with Crippen LogP contribution in [0.25, 0.3) is 17.0 Å². The third-order valence-electron chi connectivity index (χ3n) is 3.88. The molecule has 0 atom stereocenters. The summed E-state index contributed by atoms with van der Waals surface area (Å²) in [5.74, 6) is -1.39. The van der Waals surface area contributed by atoms with Crippen LogP contribution >= 0.6 is 35.6 Å². The van der Waals surface area contributed by atoms with Crippen LogP contribution in [0.5, 0.6) is 0 Å². The summed E-state index contributed by atoms with van der Waals surface area (Å²) in [6, 6.07) is 7.77. The van der Waals surface area contributed by atoms with Crippen molar-refractivity contribution in [2.24, 2.45) is 0 Å². The van der Waals surface area contributed by atoms with E-state index in [0.29, 0.717) is 26.4 Å². The smallest absolute Gasteiger partial charge is 0.266 e. The molecule has 2 aromatic rings. The van der Waals surface area contributed by atoms with Crippen molar-refractivity contribution in [1.82, 2.24) is 9.88 Å². The van der Waals surface area contributed by atoms with Gasteiger partial charge in [-0.15, -0.1) is 0 Å². The maximum absolute atomic E-state index is 12.5. The first-order valence-electron chi connectivity index (χ1n) is 7.87. The molecule has 1 aliphatic heterocycles. The molecular weight excluding hydrogens is 392 g/mol.